The number of thiazole rings is 4. The van der Waals surface area contributed by atoms with Gasteiger partial charge in [0.2, 0.25) is 0 Å². The van der Waals surface area contributed by atoms with Crippen molar-refractivity contribution in [3.8, 4) is 68.3 Å². The largest absolute Gasteiger partial charge is 0.325 e. The Bertz CT molecular complexity index is 4090. The number of H-pyrrole nitrogens is 2. The summed E-state index contributed by atoms with van der Waals surface area (Å²) in [5.41, 5.74) is 9.81. The average molecular weight is 967 g/mol. The van der Waals surface area contributed by atoms with E-state index in [0.717, 1.165) is 111 Å². The second-order valence-corrected chi connectivity index (χ2v) is 26.0. The molecule has 0 unspecified atom stereocenters. The lowest BCUT2D eigenvalue weighted by Crippen LogP contribution is -2.09. The smallest absolute Gasteiger partial charge is 0.166 e. The van der Waals surface area contributed by atoms with Crippen LogP contribution < -0.4 is 0 Å². The first-order valence-electron chi connectivity index (χ1n) is 22.7. The molecule has 10 aromatic rings. The zero-order valence-corrected chi connectivity index (χ0v) is 43.0. The number of aromatic amines is 2. The molecule has 13 rings (SSSR count). The van der Waals surface area contributed by atoms with E-state index < -0.39 is 0 Å². The molecule has 0 radical (unpaired) electrons. The third kappa shape index (κ3) is 6.26. The van der Waals surface area contributed by atoms with Gasteiger partial charge in [0.15, 0.2) is 29.1 Å². The van der Waals surface area contributed by atoms with Gasteiger partial charge in [0, 0.05) is 65.8 Å². The highest BCUT2D eigenvalue weighted by Gasteiger charge is 2.33. The van der Waals surface area contributed by atoms with Crippen LogP contribution in [0.15, 0.2) is 48.5 Å². The van der Waals surface area contributed by atoms with Crippen LogP contribution in [-0.2, 0) is 21.7 Å². The van der Waals surface area contributed by atoms with Crippen molar-refractivity contribution >= 4 is 108 Å². The number of nitrogens with one attached hydrogen (secondary N) is 2. The Morgan fingerprint density at radius 2 is 0.721 bits per heavy atom. The molecule has 0 saturated heterocycles. The Morgan fingerprint density at radius 3 is 1.18 bits per heavy atom. The fourth-order valence-corrected chi connectivity index (χ4v) is 13.6. The molecule has 6 aromatic heterocycles. The monoisotopic (exact) mass is 966 g/mol. The van der Waals surface area contributed by atoms with Crippen LogP contribution in [-0.4, -0.2) is 59.8 Å². The summed E-state index contributed by atoms with van der Waals surface area (Å²) in [7, 11) is 0. The van der Waals surface area contributed by atoms with Crippen molar-refractivity contribution in [2.75, 3.05) is 0 Å². The third-order valence-electron chi connectivity index (χ3n) is 12.5. The van der Waals surface area contributed by atoms with E-state index in [9.17, 15) is 0 Å². The van der Waals surface area contributed by atoms with Crippen LogP contribution in [0.2, 0.25) is 0 Å². The first kappa shape index (κ1) is 41.9. The first-order chi connectivity index (χ1) is 32.2. The lowest BCUT2D eigenvalue weighted by atomic mass is 9.98. The van der Waals surface area contributed by atoms with Crippen molar-refractivity contribution < 1.29 is 0 Å². The molecule has 16 heteroatoms. The highest BCUT2D eigenvalue weighted by Crippen LogP contribution is 2.49. The zero-order valence-electron chi connectivity index (χ0n) is 39.7. The third-order valence-corrected chi connectivity index (χ3v) is 18.5. The molecular formula is C52H46N12S4. The molecule has 9 heterocycles. The van der Waals surface area contributed by atoms with Crippen LogP contribution in [0.25, 0.3) is 131 Å². The molecule has 0 saturated carbocycles. The van der Waals surface area contributed by atoms with E-state index in [4.69, 9.17) is 49.8 Å². The second kappa shape index (κ2) is 13.7. The quantitative estimate of drug-likeness (QED) is 0.150. The maximum Gasteiger partial charge on any atom is 0.166 e. The molecule has 0 aliphatic carbocycles. The number of aromatic nitrogens is 12. The molecule has 8 bridgehead atoms. The summed E-state index contributed by atoms with van der Waals surface area (Å²) in [6, 6.07) is 16.8. The van der Waals surface area contributed by atoms with E-state index in [2.05, 4.69) is 142 Å². The topological polar surface area (TPSA) is 160 Å². The van der Waals surface area contributed by atoms with Crippen molar-refractivity contribution in [2.24, 2.45) is 0 Å². The minimum absolute atomic E-state index is 0.144. The molecule has 12 nitrogen and oxygen atoms in total. The van der Waals surface area contributed by atoms with Crippen molar-refractivity contribution in [3.63, 3.8) is 0 Å². The molecule has 0 atom stereocenters. The average Bonchev–Trinajstić information content (AvgIpc) is 4.11. The number of rotatable bonds is 0. The van der Waals surface area contributed by atoms with Gasteiger partial charge in [-0.2, -0.15) is 0 Å². The summed E-state index contributed by atoms with van der Waals surface area (Å²) in [4.78, 5) is 60.7. The molecule has 338 valence electrons. The first-order valence-corrected chi connectivity index (χ1v) is 26.0. The van der Waals surface area contributed by atoms with E-state index in [0.29, 0.717) is 40.6 Å². The van der Waals surface area contributed by atoms with Crippen molar-refractivity contribution in [2.45, 2.75) is 105 Å². The number of hydrogen-bond donors (Lipinski definition) is 2. The number of nitrogens with zero attached hydrogens (tertiary/aromatic N) is 10. The molecule has 3 aliphatic heterocycles. The summed E-state index contributed by atoms with van der Waals surface area (Å²) in [6.45, 7) is 26.4. The Labute approximate surface area is 407 Å². The molecular weight excluding hydrogens is 921 g/mol. The second-order valence-electron chi connectivity index (χ2n) is 22.0. The molecule has 0 spiro atoms. The fraction of sp³-hybridized carbons (Fsp3) is 0.308. The summed E-state index contributed by atoms with van der Waals surface area (Å²) in [5, 5.41) is 6.10. The SMILES string of the molecule is CC(C)(C)c1nc2ccc3c(c2s1)-c1nc2nc(nc4[nH]c([nH]c5nc(nc-3n1)-c1c-5ccc3nc(C(C)(C)C)sc13)c1c4ccc3nc(C(C)(C)C)sc31)-c1c-2ccc2nc(C(C)(C)C)sc12. The Morgan fingerprint density at radius 1 is 0.353 bits per heavy atom. The van der Waals surface area contributed by atoms with Gasteiger partial charge < -0.3 is 9.97 Å². The molecule has 0 amide bonds. The zero-order chi connectivity index (χ0) is 47.1. The molecule has 3 aliphatic rings. The van der Waals surface area contributed by atoms with E-state index in [1.807, 2.05) is 0 Å². The van der Waals surface area contributed by atoms with Gasteiger partial charge in [0.05, 0.1) is 60.9 Å². The van der Waals surface area contributed by atoms with Crippen LogP contribution in [0.3, 0.4) is 0 Å². The van der Waals surface area contributed by atoms with Crippen LogP contribution in [0, 0.1) is 0 Å². The fourth-order valence-electron chi connectivity index (χ4n) is 8.95. The van der Waals surface area contributed by atoms with Crippen LogP contribution in [0.4, 0.5) is 0 Å². The highest BCUT2D eigenvalue weighted by atomic mass is 32.1. The van der Waals surface area contributed by atoms with Gasteiger partial charge in [-0.05, 0) is 48.5 Å². The maximum atomic E-state index is 5.50. The van der Waals surface area contributed by atoms with E-state index >= 15 is 0 Å². The van der Waals surface area contributed by atoms with Gasteiger partial charge in [-0.3, -0.25) is 0 Å². The Balaban J connectivity index is 1.21. The predicted octanol–water partition coefficient (Wildman–Crippen LogP) is 14.4. The van der Waals surface area contributed by atoms with Gasteiger partial charge >= 0.3 is 0 Å². The normalized spacial score (nSPS) is 13.6. The van der Waals surface area contributed by atoms with Gasteiger partial charge in [-0.25, -0.2) is 49.8 Å². The molecule has 0 fully saturated rings. The molecule has 4 aromatic carbocycles. The van der Waals surface area contributed by atoms with Crippen molar-refractivity contribution in [3.05, 3.63) is 68.6 Å². The lowest BCUT2D eigenvalue weighted by Gasteiger charge is -2.13. The van der Waals surface area contributed by atoms with E-state index in [1.165, 1.54) is 0 Å². The molecule has 68 heavy (non-hydrogen) atoms. The summed E-state index contributed by atoms with van der Waals surface area (Å²) < 4.78 is 4.12. The van der Waals surface area contributed by atoms with Crippen molar-refractivity contribution in [1.82, 2.24) is 59.8 Å². The van der Waals surface area contributed by atoms with Gasteiger partial charge in [-0.15, -0.1) is 45.3 Å². The minimum atomic E-state index is -0.158. The summed E-state index contributed by atoms with van der Waals surface area (Å²) in [6.07, 6.45) is 0. The number of hydrogen-bond acceptors (Lipinski definition) is 14. The van der Waals surface area contributed by atoms with E-state index in [-0.39, 0.29) is 21.7 Å². The van der Waals surface area contributed by atoms with Gasteiger partial charge in [-0.1, -0.05) is 83.1 Å². The maximum absolute atomic E-state index is 5.50. The Kier molecular flexibility index (Phi) is 8.47. The lowest BCUT2D eigenvalue weighted by molar-refractivity contribution is 0.586. The predicted molar refractivity (Wildman–Crippen MR) is 282 cm³/mol. The standard InChI is InChI=1S/C52H46N12S4/c1-49(2,3)45-53-25-17-13-21-29(33(25)65-45)41-57-37(21)62-42-31-23(15-19-27-35(31)67-47(55-27)51(7,8)9)39(59-42)64-44-32-24(16-20-28-36(32)68-48(56-28)52(10,11)12)40(60-44)63-43-30-22(38(58-43)61-41)14-18-26-34(30)66-46(54-26)50(4,5)6/h13-20H,1-12H3,(H2,57,58,59,60,61,62,63,64). The van der Waals surface area contributed by atoms with Crippen LogP contribution in [0.1, 0.15) is 103 Å². The van der Waals surface area contributed by atoms with Crippen LogP contribution in [0.5, 0.6) is 0 Å². The Hall–Kier alpha value is -6.20. The minimum Gasteiger partial charge on any atom is -0.325 e. The molecule has 2 N–H and O–H groups in total. The number of benzene rings is 4. The van der Waals surface area contributed by atoms with Gasteiger partial charge in [0.1, 0.15) is 17.1 Å². The summed E-state index contributed by atoms with van der Waals surface area (Å²) >= 11 is 6.79. The highest BCUT2D eigenvalue weighted by molar-refractivity contribution is 7.20. The number of fused-ring (bicyclic) bond motifs is 28. The van der Waals surface area contributed by atoms with Crippen LogP contribution >= 0.6 is 45.3 Å². The summed E-state index contributed by atoms with van der Waals surface area (Å²) in [5.74, 6) is 3.33. The van der Waals surface area contributed by atoms with E-state index in [1.54, 1.807) is 45.3 Å². The van der Waals surface area contributed by atoms with Crippen molar-refractivity contribution in [1.29, 1.82) is 0 Å². The van der Waals surface area contributed by atoms with Gasteiger partial charge in [0.25, 0.3) is 0 Å².